The molecule has 86 valence electrons. The molecule has 4 nitrogen and oxygen atoms in total. The smallest absolute Gasteiger partial charge is 0.202 e. The first-order chi connectivity index (χ1) is 7.18. The highest BCUT2D eigenvalue weighted by Crippen LogP contribution is 2.25. The Morgan fingerprint density at radius 3 is 2.73 bits per heavy atom. The van der Waals surface area contributed by atoms with Gasteiger partial charge in [-0.1, -0.05) is 20.3 Å². The second kappa shape index (κ2) is 5.45. The van der Waals surface area contributed by atoms with E-state index in [4.69, 9.17) is 10.00 Å². The van der Waals surface area contributed by atoms with Crippen LogP contribution in [0.4, 0.5) is 0 Å². The maximum absolute atomic E-state index is 12.4. The Kier molecular flexibility index (Phi) is 4.52. The van der Waals surface area contributed by atoms with Crippen molar-refractivity contribution < 1.29 is 9.38 Å². The van der Waals surface area contributed by atoms with Gasteiger partial charge in [-0.2, -0.15) is 5.26 Å². The molecule has 0 amide bonds. The molecule has 0 aromatic rings. The summed E-state index contributed by atoms with van der Waals surface area (Å²) in [7, 11) is 0. The van der Waals surface area contributed by atoms with Crippen LogP contribution in [0.2, 0.25) is 0 Å². The van der Waals surface area contributed by atoms with Crippen molar-refractivity contribution in [2.24, 2.45) is 0 Å². The molecule has 3 unspecified atom stereocenters. The van der Waals surface area contributed by atoms with Gasteiger partial charge in [-0.05, 0) is 12.8 Å². The van der Waals surface area contributed by atoms with E-state index in [-0.39, 0.29) is 10.8 Å². The van der Waals surface area contributed by atoms with E-state index < -0.39 is 6.04 Å². The number of ether oxygens (including phenoxy) is 1. The molecule has 0 spiro atoms. The lowest BCUT2D eigenvalue weighted by Crippen LogP contribution is -2.61. The minimum absolute atomic E-state index is 0.169. The third kappa shape index (κ3) is 2.69. The van der Waals surface area contributed by atoms with Gasteiger partial charge in [0.25, 0.3) is 0 Å². The summed E-state index contributed by atoms with van der Waals surface area (Å²) in [6.45, 7) is 5.47. The minimum atomic E-state index is -0.529. The van der Waals surface area contributed by atoms with Crippen LogP contribution >= 0.6 is 0 Å². The van der Waals surface area contributed by atoms with Crippen molar-refractivity contribution in [2.75, 3.05) is 19.7 Å². The van der Waals surface area contributed by atoms with Crippen LogP contribution in [-0.2, 0) is 4.74 Å². The van der Waals surface area contributed by atoms with Gasteiger partial charge in [-0.25, -0.2) is 0 Å². The number of rotatable bonds is 4. The molecule has 1 aliphatic rings. The van der Waals surface area contributed by atoms with Crippen LogP contribution in [0.15, 0.2) is 0 Å². The number of hydroxylamine groups is 3. The molecule has 3 atom stereocenters. The summed E-state index contributed by atoms with van der Waals surface area (Å²) in [5, 5.41) is 21.5. The first-order valence-corrected chi connectivity index (χ1v) is 5.77. The zero-order valence-electron chi connectivity index (χ0n) is 9.61. The van der Waals surface area contributed by atoms with E-state index in [1.54, 1.807) is 0 Å². The van der Waals surface area contributed by atoms with Gasteiger partial charge in [0, 0.05) is 0 Å². The van der Waals surface area contributed by atoms with E-state index in [0.29, 0.717) is 19.7 Å². The predicted molar refractivity (Wildman–Crippen MR) is 57.7 cm³/mol. The van der Waals surface area contributed by atoms with Crippen LogP contribution in [0.3, 0.4) is 0 Å². The van der Waals surface area contributed by atoms with E-state index in [9.17, 15) is 5.21 Å². The highest BCUT2D eigenvalue weighted by Gasteiger charge is 2.39. The molecular formula is C11H20N2O2. The summed E-state index contributed by atoms with van der Waals surface area (Å²) in [5.41, 5.74) is 0. The molecule has 0 aromatic carbocycles. The molecule has 0 radical (unpaired) electrons. The highest BCUT2D eigenvalue weighted by molar-refractivity contribution is 4.93. The fourth-order valence-corrected chi connectivity index (χ4v) is 2.24. The third-order valence-electron chi connectivity index (χ3n) is 2.97. The van der Waals surface area contributed by atoms with Gasteiger partial charge in [0.05, 0.1) is 13.2 Å². The van der Waals surface area contributed by atoms with Crippen LogP contribution in [0, 0.1) is 16.5 Å². The second-order valence-corrected chi connectivity index (χ2v) is 4.17. The quantitative estimate of drug-likeness (QED) is 0.527. The summed E-state index contributed by atoms with van der Waals surface area (Å²) in [6, 6.07) is 1.62. The summed E-state index contributed by atoms with van der Waals surface area (Å²) in [6.07, 6.45) is 2.41. The van der Waals surface area contributed by atoms with Gasteiger partial charge in [0.2, 0.25) is 6.04 Å². The standard InChI is InChI=1S/C11H20N2O2/c1-3-5-11-10(9-12)13(14,6-4-2)7-8-15-11/h10-11H,3-8H2,1-2H3. The highest BCUT2D eigenvalue weighted by atomic mass is 16.6. The van der Waals surface area contributed by atoms with Crippen LogP contribution in [-0.4, -0.2) is 36.5 Å². The topological polar surface area (TPSA) is 56.1 Å². The van der Waals surface area contributed by atoms with Crippen molar-refractivity contribution in [3.63, 3.8) is 0 Å². The Hall–Kier alpha value is -0.630. The maximum atomic E-state index is 12.4. The number of morpholine rings is 1. The van der Waals surface area contributed by atoms with Gasteiger partial charge in [0.1, 0.15) is 18.7 Å². The molecule has 1 aliphatic heterocycles. The third-order valence-corrected chi connectivity index (χ3v) is 2.97. The molecule has 0 aromatic heterocycles. The molecule has 1 fully saturated rings. The molecule has 0 saturated carbocycles. The largest absolute Gasteiger partial charge is 0.632 e. The first-order valence-electron chi connectivity index (χ1n) is 5.77. The summed E-state index contributed by atoms with van der Waals surface area (Å²) >= 11 is 0. The van der Waals surface area contributed by atoms with Crippen LogP contribution < -0.4 is 0 Å². The number of hydrogen-bond acceptors (Lipinski definition) is 3. The van der Waals surface area contributed by atoms with Crippen LogP contribution in [0.5, 0.6) is 0 Å². The Morgan fingerprint density at radius 2 is 2.20 bits per heavy atom. The van der Waals surface area contributed by atoms with Gasteiger partial charge in [0.15, 0.2) is 0 Å². The number of hydrogen-bond donors (Lipinski definition) is 0. The van der Waals surface area contributed by atoms with E-state index in [0.717, 1.165) is 19.3 Å². The van der Waals surface area contributed by atoms with E-state index >= 15 is 0 Å². The average Bonchev–Trinajstić information content (AvgIpc) is 2.18. The Bertz CT molecular complexity index is 233. The van der Waals surface area contributed by atoms with E-state index in [1.165, 1.54) is 0 Å². The van der Waals surface area contributed by atoms with E-state index in [1.807, 2.05) is 13.8 Å². The van der Waals surface area contributed by atoms with Gasteiger partial charge in [-0.15, -0.1) is 0 Å². The monoisotopic (exact) mass is 212 g/mol. The Labute approximate surface area is 91.6 Å². The Morgan fingerprint density at radius 1 is 1.47 bits per heavy atom. The van der Waals surface area contributed by atoms with Crippen molar-refractivity contribution in [1.29, 1.82) is 5.26 Å². The maximum Gasteiger partial charge on any atom is 0.202 e. The number of nitriles is 1. The van der Waals surface area contributed by atoms with Crippen molar-refractivity contribution in [3.8, 4) is 6.07 Å². The summed E-state index contributed by atoms with van der Waals surface area (Å²) in [4.78, 5) is 0. The molecule has 15 heavy (non-hydrogen) atoms. The molecule has 0 N–H and O–H groups in total. The van der Waals surface area contributed by atoms with E-state index in [2.05, 4.69) is 6.07 Å². The van der Waals surface area contributed by atoms with Gasteiger partial charge >= 0.3 is 0 Å². The zero-order chi connectivity index (χ0) is 11.3. The van der Waals surface area contributed by atoms with Crippen molar-refractivity contribution in [1.82, 2.24) is 0 Å². The number of nitrogens with zero attached hydrogens (tertiary/aromatic N) is 2. The van der Waals surface area contributed by atoms with Crippen molar-refractivity contribution in [3.05, 3.63) is 5.21 Å². The average molecular weight is 212 g/mol. The molecule has 1 rings (SSSR count). The minimum Gasteiger partial charge on any atom is -0.632 e. The second-order valence-electron chi connectivity index (χ2n) is 4.17. The van der Waals surface area contributed by atoms with Crippen LogP contribution in [0.1, 0.15) is 33.1 Å². The zero-order valence-corrected chi connectivity index (χ0v) is 9.61. The molecule has 4 heteroatoms. The first kappa shape index (κ1) is 12.4. The summed E-state index contributed by atoms with van der Waals surface area (Å²) < 4.78 is 5.15. The van der Waals surface area contributed by atoms with Crippen LogP contribution in [0.25, 0.3) is 0 Å². The lowest BCUT2D eigenvalue weighted by atomic mass is 10.0. The Balaban J connectivity index is 2.75. The van der Waals surface area contributed by atoms with Crippen molar-refractivity contribution in [2.45, 2.75) is 45.3 Å². The number of quaternary nitrogens is 1. The fourth-order valence-electron chi connectivity index (χ4n) is 2.24. The molecular weight excluding hydrogens is 192 g/mol. The molecule has 1 heterocycles. The lowest BCUT2D eigenvalue weighted by molar-refractivity contribution is -0.909. The molecule has 1 saturated heterocycles. The van der Waals surface area contributed by atoms with Crippen molar-refractivity contribution >= 4 is 0 Å². The predicted octanol–water partition coefficient (Wildman–Crippen LogP) is 1.80. The lowest BCUT2D eigenvalue weighted by Gasteiger charge is -2.51. The van der Waals surface area contributed by atoms with Gasteiger partial charge < -0.3 is 14.6 Å². The fraction of sp³-hybridized carbons (Fsp3) is 0.909. The van der Waals surface area contributed by atoms with Gasteiger partial charge in [-0.3, -0.25) is 0 Å². The summed E-state index contributed by atoms with van der Waals surface area (Å²) in [5.74, 6) is 0. The molecule has 0 bridgehead atoms. The molecule has 0 aliphatic carbocycles. The normalized spacial score (nSPS) is 36.1. The SMILES string of the molecule is CCCC1OCC[N+]([O-])(CCC)C1C#N.